The second-order valence-corrected chi connectivity index (χ2v) is 10.9. The first-order chi connectivity index (χ1) is 21.5. The van der Waals surface area contributed by atoms with Crippen molar-refractivity contribution in [2.45, 2.75) is 13.8 Å². The van der Waals surface area contributed by atoms with Crippen LogP contribution < -0.4 is 0 Å². The Hall–Kier alpha value is -5.60. The molecular formula is C42H34N2. The topological polar surface area (TPSA) is 24.7 Å². The molecule has 0 amide bonds. The number of hydrogen-bond acceptors (Lipinski definition) is 1. The highest BCUT2D eigenvalue weighted by Gasteiger charge is 2.10. The molecule has 0 saturated carbocycles. The normalized spacial score (nSPS) is 11.8. The maximum absolute atomic E-state index is 4.95. The molecule has 6 aromatic carbocycles. The van der Waals surface area contributed by atoms with Gasteiger partial charge < -0.3 is 0 Å². The molecular weight excluding hydrogens is 532 g/mol. The van der Waals surface area contributed by atoms with E-state index in [0.29, 0.717) is 11.5 Å². The van der Waals surface area contributed by atoms with Gasteiger partial charge in [0.2, 0.25) is 0 Å². The van der Waals surface area contributed by atoms with Gasteiger partial charge in [-0.3, -0.25) is 0 Å². The van der Waals surface area contributed by atoms with Crippen molar-refractivity contribution in [2.75, 3.05) is 0 Å². The molecule has 0 fully saturated rings. The van der Waals surface area contributed by atoms with E-state index in [4.69, 9.17) is 9.98 Å². The molecule has 0 spiro atoms. The summed E-state index contributed by atoms with van der Waals surface area (Å²) < 4.78 is 0. The predicted molar refractivity (Wildman–Crippen MR) is 189 cm³/mol. The third kappa shape index (κ3) is 6.72. The minimum atomic E-state index is 0.658. The van der Waals surface area contributed by atoms with Crippen LogP contribution in [0.5, 0.6) is 0 Å². The van der Waals surface area contributed by atoms with E-state index in [-0.39, 0.29) is 0 Å². The molecule has 0 aliphatic heterocycles. The van der Waals surface area contributed by atoms with Crippen molar-refractivity contribution < 1.29 is 0 Å². The van der Waals surface area contributed by atoms with Crippen LogP contribution in [0.15, 0.2) is 174 Å². The van der Waals surface area contributed by atoms with Crippen LogP contribution in [0.2, 0.25) is 0 Å². The smallest absolute Gasteiger partial charge is 0.126 e. The second kappa shape index (κ2) is 13.1. The molecule has 0 radical (unpaired) electrons. The Kier molecular flexibility index (Phi) is 8.52. The highest BCUT2D eigenvalue weighted by Crippen LogP contribution is 2.32. The number of nitrogens with zero attached hydrogens (tertiary/aromatic N) is 2. The summed E-state index contributed by atoms with van der Waals surface area (Å²) in [5.74, 6) is 0.658. The van der Waals surface area contributed by atoms with Crippen molar-refractivity contribution in [3.63, 3.8) is 0 Å². The van der Waals surface area contributed by atoms with Gasteiger partial charge in [-0.25, -0.2) is 9.98 Å². The maximum atomic E-state index is 4.95. The van der Waals surface area contributed by atoms with Crippen LogP contribution in [0.25, 0.3) is 50.2 Å². The van der Waals surface area contributed by atoms with Crippen molar-refractivity contribution in [1.29, 1.82) is 0 Å². The Balaban J connectivity index is 1.36. The van der Waals surface area contributed by atoms with Crippen LogP contribution in [0.3, 0.4) is 0 Å². The fourth-order valence-electron chi connectivity index (χ4n) is 5.41. The third-order valence-electron chi connectivity index (χ3n) is 7.67. The van der Waals surface area contributed by atoms with E-state index in [2.05, 4.69) is 140 Å². The van der Waals surface area contributed by atoms with Gasteiger partial charge >= 0.3 is 0 Å². The van der Waals surface area contributed by atoms with Crippen LogP contribution >= 0.6 is 0 Å². The van der Waals surface area contributed by atoms with E-state index >= 15 is 0 Å². The monoisotopic (exact) mass is 566 g/mol. The fourth-order valence-corrected chi connectivity index (χ4v) is 5.41. The minimum absolute atomic E-state index is 0.658. The molecule has 0 atom stereocenters. The van der Waals surface area contributed by atoms with Crippen molar-refractivity contribution >= 4 is 17.2 Å². The Morgan fingerprint density at radius 3 is 1.05 bits per heavy atom. The van der Waals surface area contributed by atoms with Crippen LogP contribution in [0.4, 0.5) is 0 Å². The van der Waals surface area contributed by atoms with E-state index in [1.807, 2.05) is 38.1 Å². The summed E-state index contributed by atoms with van der Waals surface area (Å²) in [6.45, 7) is 8.35. The van der Waals surface area contributed by atoms with E-state index in [0.717, 1.165) is 50.2 Å². The summed E-state index contributed by atoms with van der Waals surface area (Å²) in [4.78, 5) is 9.83. The number of aliphatic imine (C=N–C) groups is 2. The van der Waals surface area contributed by atoms with Crippen molar-refractivity contribution in [3.8, 4) is 44.5 Å². The average molecular weight is 567 g/mol. The largest absolute Gasteiger partial charge is 0.238 e. The molecule has 44 heavy (non-hydrogen) atoms. The number of rotatable bonds is 7. The lowest BCUT2D eigenvalue weighted by Gasteiger charge is -2.12. The van der Waals surface area contributed by atoms with Gasteiger partial charge in [0.15, 0.2) is 0 Å². The van der Waals surface area contributed by atoms with Crippen LogP contribution in [0, 0.1) is 0 Å². The number of amidine groups is 1. The summed E-state index contributed by atoms with van der Waals surface area (Å²) >= 11 is 0. The molecule has 6 aromatic rings. The van der Waals surface area contributed by atoms with Gasteiger partial charge in [-0.2, -0.15) is 0 Å². The Morgan fingerprint density at radius 1 is 0.386 bits per heavy atom. The molecule has 6 rings (SSSR count). The lowest BCUT2D eigenvalue weighted by Crippen LogP contribution is -2.00. The van der Waals surface area contributed by atoms with Crippen LogP contribution in [0.1, 0.15) is 25.0 Å². The van der Waals surface area contributed by atoms with Crippen LogP contribution in [-0.4, -0.2) is 11.5 Å². The lowest BCUT2D eigenvalue weighted by molar-refractivity contribution is 1.43. The minimum Gasteiger partial charge on any atom is -0.238 e. The molecule has 0 aliphatic carbocycles. The van der Waals surface area contributed by atoms with E-state index in [9.17, 15) is 0 Å². The van der Waals surface area contributed by atoms with Gasteiger partial charge in [0, 0.05) is 11.3 Å². The highest BCUT2D eigenvalue weighted by atomic mass is 14.9. The van der Waals surface area contributed by atoms with Gasteiger partial charge in [0.1, 0.15) is 5.84 Å². The average Bonchev–Trinajstić information content (AvgIpc) is 3.09. The van der Waals surface area contributed by atoms with E-state index in [1.165, 1.54) is 11.1 Å². The summed E-state index contributed by atoms with van der Waals surface area (Å²) in [5.41, 5.74) is 12.8. The Morgan fingerprint density at radius 2 is 0.705 bits per heavy atom. The van der Waals surface area contributed by atoms with Gasteiger partial charge in [-0.15, -0.1) is 0 Å². The van der Waals surface area contributed by atoms with Crippen molar-refractivity contribution in [2.24, 2.45) is 9.98 Å². The molecule has 0 bridgehead atoms. The zero-order valence-corrected chi connectivity index (χ0v) is 25.1. The van der Waals surface area contributed by atoms with Crippen molar-refractivity contribution in [1.82, 2.24) is 0 Å². The molecule has 2 heteroatoms. The SMILES string of the molecule is C=C(/N=C(C)\N=C(/C)c1cc(-c2ccccc2)cc(-c2ccccc2)c1)c1cc(-c2ccccc2)cc(-c2ccccc2)c1. The standard InChI is InChI=1S/C42H34N2/c1-30(37-24-39(33-16-8-4-9-17-33)28-40(25-37)34-18-10-5-11-19-34)43-32(3)44-31(2)38-26-41(35-20-12-6-13-21-35)29-42(27-38)36-22-14-7-15-23-36/h4-29H,1H2,2-3H3/b43-32-,44-31+. The summed E-state index contributed by atoms with van der Waals surface area (Å²) in [5, 5.41) is 0. The highest BCUT2D eigenvalue weighted by molar-refractivity contribution is 6.07. The van der Waals surface area contributed by atoms with Gasteiger partial charge in [-0.1, -0.05) is 128 Å². The zero-order chi connectivity index (χ0) is 30.3. The zero-order valence-electron chi connectivity index (χ0n) is 25.1. The molecule has 2 nitrogen and oxygen atoms in total. The molecule has 0 unspecified atom stereocenters. The van der Waals surface area contributed by atoms with E-state index < -0.39 is 0 Å². The van der Waals surface area contributed by atoms with Crippen LogP contribution in [-0.2, 0) is 0 Å². The number of hydrogen-bond donors (Lipinski definition) is 0. The molecule has 0 aromatic heterocycles. The lowest BCUT2D eigenvalue weighted by atomic mass is 9.95. The maximum Gasteiger partial charge on any atom is 0.126 e. The summed E-state index contributed by atoms with van der Waals surface area (Å²) in [7, 11) is 0. The Bertz CT molecular complexity index is 1840. The van der Waals surface area contributed by atoms with Gasteiger partial charge in [0.05, 0.1) is 5.70 Å². The number of benzene rings is 6. The first kappa shape index (κ1) is 28.5. The molecule has 212 valence electrons. The molecule has 0 N–H and O–H groups in total. The fraction of sp³-hybridized carbons (Fsp3) is 0.0476. The first-order valence-corrected chi connectivity index (χ1v) is 14.9. The molecule has 0 saturated heterocycles. The predicted octanol–water partition coefficient (Wildman–Crippen LogP) is 11.3. The second-order valence-electron chi connectivity index (χ2n) is 10.9. The Labute approximate surface area is 260 Å². The summed E-state index contributed by atoms with van der Waals surface area (Å²) in [6.07, 6.45) is 0. The molecule has 0 aliphatic rings. The van der Waals surface area contributed by atoms with Crippen molar-refractivity contribution in [3.05, 3.63) is 175 Å². The quantitative estimate of drug-likeness (QED) is 0.136. The third-order valence-corrected chi connectivity index (χ3v) is 7.67. The van der Waals surface area contributed by atoms with Gasteiger partial charge in [0.25, 0.3) is 0 Å². The van der Waals surface area contributed by atoms with Gasteiger partial charge in [-0.05, 0) is 100 Å². The van der Waals surface area contributed by atoms with E-state index in [1.54, 1.807) is 0 Å². The summed E-state index contributed by atoms with van der Waals surface area (Å²) in [6, 6.07) is 55.0. The molecule has 0 heterocycles. The first-order valence-electron chi connectivity index (χ1n) is 14.9.